The van der Waals surface area contributed by atoms with Crippen molar-refractivity contribution in [2.45, 2.75) is 58.1 Å². The maximum atomic E-state index is 13.6. The van der Waals surface area contributed by atoms with Crippen molar-refractivity contribution in [3.8, 4) is 5.75 Å². The molecule has 1 aliphatic carbocycles. The fourth-order valence-electron chi connectivity index (χ4n) is 5.35. The molecule has 2 aliphatic rings. The highest BCUT2D eigenvalue weighted by atomic mass is 16.5. The molecule has 9 heteroatoms. The minimum Gasteiger partial charge on any atom is -0.486 e. The van der Waals surface area contributed by atoms with Crippen LogP contribution in [-0.2, 0) is 0 Å². The monoisotopic (exact) mass is 509 g/mol. The average molecular weight is 510 g/mol. The number of aliphatic hydroxyl groups excluding tert-OH is 1. The van der Waals surface area contributed by atoms with Crippen molar-refractivity contribution in [1.29, 1.82) is 0 Å². The molecular formula is C28H39N5O4. The van der Waals surface area contributed by atoms with Crippen molar-refractivity contribution in [3.05, 3.63) is 48.0 Å². The predicted octanol–water partition coefficient (Wildman–Crippen LogP) is 3.46. The third-order valence-electron chi connectivity index (χ3n) is 7.52. The van der Waals surface area contributed by atoms with Crippen molar-refractivity contribution in [2.75, 3.05) is 38.6 Å². The molecule has 37 heavy (non-hydrogen) atoms. The topological polar surface area (TPSA) is 108 Å². The summed E-state index contributed by atoms with van der Waals surface area (Å²) in [7, 11) is 2.13. The summed E-state index contributed by atoms with van der Waals surface area (Å²) in [6.45, 7) is 5.97. The van der Waals surface area contributed by atoms with Gasteiger partial charge < -0.3 is 25.0 Å². The number of benzene rings is 1. The molecule has 3 atom stereocenters. The second kappa shape index (κ2) is 12.5. The second-order valence-electron chi connectivity index (χ2n) is 10.6. The number of nitrogens with zero attached hydrogens (tertiary/aromatic N) is 4. The van der Waals surface area contributed by atoms with Gasteiger partial charge in [-0.3, -0.25) is 14.6 Å². The van der Waals surface area contributed by atoms with Crippen LogP contribution in [0.3, 0.4) is 0 Å². The highest BCUT2D eigenvalue weighted by Gasteiger charge is 2.35. The van der Waals surface area contributed by atoms with Crippen LogP contribution in [0.1, 0.15) is 66.8 Å². The third kappa shape index (κ3) is 6.64. The molecule has 1 aromatic carbocycles. The first kappa shape index (κ1) is 27.0. The zero-order chi connectivity index (χ0) is 26.4. The van der Waals surface area contributed by atoms with Gasteiger partial charge in [0, 0.05) is 37.9 Å². The van der Waals surface area contributed by atoms with E-state index in [1.54, 1.807) is 23.1 Å². The van der Waals surface area contributed by atoms with Crippen molar-refractivity contribution in [1.82, 2.24) is 19.8 Å². The zero-order valence-corrected chi connectivity index (χ0v) is 22.1. The molecule has 0 spiro atoms. The maximum absolute atomic E-state index is 13.6. The van der Waals surface area contributed by atoms with Crippen LogP contribution in [0, 0.1) is 11.8 Å². The number of carbonyl (C=O) groups excluding carboxylic acids is 2. The van der Waals surface area contributed by atoms with Gasteiger partial charge in [0.1, 0.15) is 11.8 Å². The van der Waals surface area contributed by atoms with Crippen molar-refractivity contribution < 1.29 is 19.4 Å². The summed E-state index contributed by atoms with van der Waals surface area (Å²) in [5, 5.41) is 12.8. The van der Waals surface area contributed by atoms with Crippen LogP contribution in [0.25, 0.3) is 0 Å². The summed E-state index contributed by atoms with van der Waals surface area (Å²) in [5.74, 6) is 0.391. The minimum atomic E-state index is -0.431. The number of fused-ring (bicyclic) bond motifs is 1. The van der Waals surface area contributed by atoms with Gasteiger partial charge in [-0.2, -0.15) is 0 Å². The Labute approximate surface area is 219 Å². The molecule has 2 N–H and O–H groups in total. The molecule has 0 unspecified atom stereocenters. The molecule has 4 rings (SSSR count). The molecule has 200 valence electrons. The fourth-order valence-corrected chi connectivity index (χ4v) is 5.35. The van der Waals surface area contributed by atoms with Gasteiger partial charge >= 0.3 is 0 Å². The number of aliphatic hydroxyl groups is 1. The summed E-state index contributed by atoms with van der Waals surface area (Å²) in [6.07, 6.45) is 10.6. The standard InChI is InChI=1S/C28H39N5O4/c1-19-15-33(20(2)18-34)28(36)22-10-7-11-23(31-27(35)24-14-29-12-13-30-24)26(22)37-25(19)17-32(3)16-21-8-5-4-6-9-21/h7,10-14,19-21,25,34H,4-6,8-9,15-18H2,1-3H3,(H,31,35)/t19-,20+,25+/m1/s1. The molecule has 0 bridgehead atoms. The number of nitrogens with one attached hydrogen (secondary N) is 1. The van der Waals surface area contributed by atoms with E-state index in [4.69, 9.17) is 4.74 Å². The van der Waals surface area contributed by atoms with Crippen molar-refractivity contribution >= 4 is 17.5 Å². The van der Waals surface area contributed by atoms with Gasteiger partial charge in [0.2, 0.25) is 0 Å². The Balaban J connectivity index is 1.63. The molecule has 1 aliphatic heterocycles. The number of likely N-dealkylation sites (N-methyl/N-ethyl adjacent to an activating group) is 1. The van der Waals surface area contributed by atoms with E-state index >= 15 is 0 Å². The summed E-state index contributed by atoms with van der Waals surface area (Å²) < 4.78 is 6.61. The lowest BCUT2D eigenvalue weighted by Crippen LogP contribution is -2.50. The quantitative estimate of drug-likeness (QED) is 0.561. The van der Waals surface area contributed by atoms with Crippen molar-refractivity contribution in [2.24, 2.45) is 11.8 Å². The highest BCUT2D eigenvalue weighted by molar-refractivity contribution is 6.06. The maximum Gasteiger partial charge on any atom is 0.275 e. The van der Waals surface area contributed by atoms with Crippen LogP contribution >= 0.6 is 0 Å². The normalized spacial score (nSPS) is 21.5. The van der Waals surface area contributed by atoms with E-state index < -0.39 is 5.91 Å². The fraction of sp³-hybridized carbons (Fsp3) is 0.571. The van der Waals surface area contributed by atoms with Crippen LogP contribution in [0.4, 0.5) is 5.69 Å². The Morgan fingerprint density at radius 1 is 1.24 bits per heavy atom. The number of carbonyl (C=O) groups is 2. The highest BCUT2D eigenvalue weighted by Crippen LogP contribution is 2.35. The lowest BCUT2D eigenvalue weighted by Gasteiger charge is -2.39. The number of hydrogen-bond acceptors (Lipinski definition) is 7. The smallest absolute Gasteiger partial charge is 0.275 e. The molecule has 1 saturated carbocycles. The largest absolute Gasteiger partial charge is 0.486 e. The lowest BCUT2D eigenvalue weighted by atomic mass is 9.89. The molecule has 0 radical (unpaired) electrons. The van der Waals surface area contributed by atoms with E-state index in [0.717, 1.165) is 6.54 Å². The number of anilines is 1. The van der Waals surface area contributed by atoms with Gasteiger partial charge in [-0.25, -0.2) is 4.98 Å². The van der Waals surface area contributed by atoms with E-state index in [9.17, 15) is 14.7 Å². The number of hydrogen-bond donors (Lipinski definition) is 2. The Bertz CT molecular complexity index is 1060. The predicted molar refractivity (Wildman–Crippen MR) is 142 cm³/mol. The second-order valence-corrected chi connectivity index (χ2v) is 10.6. The van der Waals surface area contributed by atoms with E-state index in [1.807, 2.05) is 6.92 Å². The number of amides is 2. The van der Waals surface area contributed by atoms with Gasteiger partial charge in [0.25, 0.3) is 11.8 Å². The average Bonchev–Trinajstić information content (AvgIpc) is 2.91. The van der Waals surface area contributed by atoms with Crippen LogP contribution in [-0.4, -0.2) is 82.1 Å². The number of rotatable bonds is 8. The molecule has 0 saturated heterocycles. The first-order chi connectivity index (χ1) is 17.9. The Morgan fingerprint density at radius 3 is 2.73 bits per heavy atom. The number of aromatic nitrogens is 2. The summed E-state index contributed by atoms with van der Waals surface area (Å²) in [6, 6.07) is 4.82. The summed E-state index contributed by atoms with van der Waals surface area (Å²) in [5.41, 5.74) is 0.946. The zero-order valence-electron chi connectivity index (χ0n) is 22.1. The Hall–Kier alpha value is -3.04. The lowest BCUT2D eigenvalue weighted by molar-refractivity contribution is 0.0332. The molecule has 1 fully saturated rings. The van der Waals surface area contributed by atoms with Crippen LogP contribution < -0.4 is 10.1 Å². The first-order valence-corrected chi connectivity index (χ1v) is 13.3. The number of ether oxygens (including phenoxy) is 1. The third-order valence-corrected chi connectivity index (χ3v) is 7.52. The first-order valence-electron chi connectivity index (χ1n) is 13.3. The van der Waals surface area contributed by atoms with Gasteiger partial charge in [0.05, 0.1) is 30.1 Å². The molecule has 2 aromatic rings. The van der Waals surface area contributed by atoms with Gasteiger partial charge in [-0.05, 0) is 44.9 Å². The SMILES string of the molecule is C[C@@H]1CN([C@@H](C)CO)C(=O)c2cccc(NC(=O)c3cnccn3)c2O[C@H]1CN(C)CC1CCCCC1. The van der Waals surface area contributed by atoms with Crippen LogP contribution in [0.15, 0.2) is 36.8 Å². The molecule has 2 amide bonds. The van der Waals surface area contributed by atoms with Crippen molar-refractivity contribution in [3.63, 3.8) is 0 Å². The molecule has 2 heterocycles. The van der Waals surface area contributed by atoms with Crippen LogP contribution in [0.2, 0.25) is 0 Å². The summed E-state index contributed by atoms with van der Waals surface area (Å²) >= 11 is 0. The van der Waals surface area contributed by atoms with E-state index in [-0.39, 0.29) is 36.3 Å². The minimum absolute atomic E-state index is 0.00338. The number of para-hydroxylation sites is 1. The van der Waals surface area contributed by atoms with E-state index in [2.05, 4.69) is 34.2 Å². The molecule has 9 nitrogen and oxygen atoms in total. The Kier molecular flexibility index (Phi) is 9.10. The molecular weight excluding hydrogens is 470 g/mol. The van der Waals surface area contributed by atoms with Gasteiger partial charge in [-0.15, -0.1) is 0 Å². The van der Waals surface area contributed by atoms with Gasteiger partial charge in [-0.1, -0.05) is 32.3 Å². The van der Waals surface area contributed by atoms with E-state index in [0.29, 0.717) is 36.0 Å². The van der Waals surface area contributed by atoms with Crippen LogP contribution in [0.5, 0.6) is 5.75 Å². The molecule has 1 aromatic heterocycles. The van der Waals surface area contributed by atoms with E-state index in [1.165, 1.54) is 50.7 Å². The summed E-state index contributed by atoms with van der Waals surface area (Å²) in [4.78, 5) is 38.6. The van der Waals surface area contributed by atoms with Gasteiger partial charge in [0.15, 0.2) is 5.75 Å². The Morgan fingerprint density at radius 2 is 2.03 bits per heavy atom.